The molecule has 0 spiro atoms. The molecule has 1 aromatic rings. The van der Waals surface area contributed by atoms with Crippen molar-refractivity contribution in [3.05, 3.63) is 11.8 Å². The van der Waals surface area contributed by atoms with Crippen LogP contribution in [-0.2, 0) is 0 Å². The van der Waals surface area contributed by atoms with Crippen LogP contribution in [0.1, 0.15) is 38.3 Å². The summed E-state index contributed by atoms with van der Waals surface area (Å²) in [5, 5.41) is 7.43. The van der Waals surface area contributed by atoms with Crippen molar-refractivity contribution in [2.75, 3.05) is 18.0 Å². The van der Waals surface area contributed by atoms with E-state index in [1.165, 1.54) is 12.1 Å². The zero-order valence-corrected chi connectivity index (χ0v) is 9.53. The van der Waals surface area contributed by atoms with E-state index in [0.717, 1.165) is 25.3 Å². The highest BCUT2D eigenvalue weighted by molar-refractivity contribution is 5.40. The molecule has 1 aliphatic rings. The minimum absolute atomic E-state index is 0.304. The van der Waals surface area contributed by atoms with Crippen molar-refractivity contribution in [2.45, 2.75) is 38.6 Å². The number of nitrogens with two attached hydrogens (primary N) is 1. The number of anilines is 1. The van der Waals surface area contributed by atoms with Crippen LogP contribution in [-0.4, -0.2) is 29.3 Å². The molecule has 1 aromatic heterocycles. The van der Waals surface area contributed by atoms with Gasteiger partial charge in [-0.1, -0.05) is 13.8 Å². The SMILES string of the molecule is CC(C)c1cc(N2CCCC(N)C2)n[nH]1. The van der Waals surface area contributed by atoms with Gasteiger partial charge in [-0.3, -0.25) is 5.10 Å². The van der Waals surface area contributed by atoms with E-state index in [1.54, 1.807) is 0 Å². The van der Waals surface area contributed by atoms with Crippen molar-refractivity contribution >= 4 is 5.82 Å². The topological polar surface area (TPSA) is 57.9 Å². The van der Waals surface area contributed by atoms with Crippen LogP contribution in [0.25, 0.3) is 0 Å². The van der Waals surface area contributed by atoms with E-state index < -0.39 is 0 Å². The summed E-state index contributed by atoms with van der Waals surface area (Å²) in [5.74, 6) is 1.55. The highest BCUT2D eigenvalue weighted by Gasteiger charge is 2.19. The Morgan fingerprint density at radius 2 is 2.40 bits per heavy atom. The van der Waals surface area contributed by atoms with Crippen LogP contribution in [0.4, 0.5) is 5.82 Å². The number of rotatable bonds is 2. The molecule has 1 saturated heterocycles. The molecule has 0 radical (unpaired) electrons. The number of aromatic amines is 1. The fourth-order valence-electron chi connectivity index (χ4n) is 2.00. The lowest BCUT2D eigenvalue weighted by Crippen LogP contribution is -2.43. The van der Waals surface area contributed by atoms with Gasteiger partial charge in [0.15, 0.2) is 5.82 Å². The minimum atomic E-state index is 0.304. The average Bonchev–Trinajstić information content (AvgIpc) is 2.66. The predicted molar refractivity (Wildman–Crippen MR) is 62.1 cm³/mol. The minimum Gasteiger partial charge on any atom is -0.354 e. The summed E-state index contributed by atoms with van der Waals surface area (Å²) in [6.45, 7) is 6.34. The molecule has 1 aliphatic heterocycles. The molecular weight excluding hydrogens is 188 g/mol. The molecule has 1 unspecified atom stereocenters. The third-order valence-electron chi connectivity index (χ3n) is 2.99. The lowest BCUT2D eigenvalue weighted by atomic mass is 10.1. The summed E-state index contributed by atoms with van der Waals surface area (Å²) in [6, 6.07) is 2.45. The first-order valence-corrected chi connectivity index (χ1v) is 5.72. The van der Waals surface area contributed by atoms with Gasteiger partial charge >= 0.3 is 0 Å². The Morgan fingerprint density at radius 3 is 3.00 bits per heavy atom. The molecule has 1 fully saturated rings. The Hall–Kier alpha value is -1.03. The average molecular weight is 208 g/mol. The predicted octanol–water partition coefficient (Wildman–Crippen LogP) is 1.46. The van der Waals surface area contributed by atoms with Gasteiger partial charge in [-0.15, -0.1) is 0 Å². The summed E-state index contributed by atoms with van der Waals surface area (Å²) in [6.07, 6.45) is 2.31. The van der Waals surface area contributed by atoms with Gasteiger partial charge in [0.2, 0.25) is 0 Å². The van der Waals surface area contributed by atoms with Crippen molar-refractivity contribution in [3.63, 3.8) is 0 Å². The van der Waals surface area contributed by atoms with E-state index in [9.17, 15) is 0 Å². The van der Waals surface area contributed by atoms with Gasteiger partial charge in [0.25, 0.3) is 0 Å². The normalized spacial score (nSPS) is 22.4. The van der Waals surface area contributed by atoms with Gasteiger partial charge < -0.3 is 10.6 Å². The number of nitrogens with zero attached hydrogens (tertiary/aromatic N) is 2. The van der Waals surface area contributed by atoms with Crippen molar-refractivity contribution in [1.82, 2.24) is 10.2 Å². The van der Waals surface area contributed by atoms with Gasteiger partial charge in [-0.05, 0) is 18.8 Å². The molecule has 4 heteroatoms. The van der Waals surface area contributed by atoms with E-state index in [1.807, 2.05) is 0 Å². The van der Waals surface area contributed by atoms with Gasteiger partial charge in [0.1, 0.15) is 0 Å². The van der Waals surface area contributed by atoms with Crippen molar-refractivity contribution in [1.29, 1.82) is 0 Å². The second-order valence-corrected chi connectivity index (χ2v) is 4.68. The zero-order chi connectivity index (χ0) is 10.8. The Labute approximate surface area is 90.8 Å². The quantitative estimate of drug-likeness (QED) is 0.773. The Bertz CT molecular complexity index is 318. The summed E-state index contributed by atoms with van der Waals surface area (Å²) in [5.41, 5.74) is 7.15. The number of hydrogen-bond donors (Lipinski definition) is 2. The van der Waals surface area contributed by atoms with Crippen LogP contribution >= 0.6 is 0 Å². The molecule has 0 amide bonds. The lowest BCUT2D eigenvalue weighted by molar-refractivity contribution is 0.503. The Balaban J connectivity index is 2.08. The lowest BCUT2D eigenvalue weighted by Gasteiger charge is -2.30. The molecule has 2 heterocycles. The monoisotopic (exact) mass is 208 g/mol. The first kappa shape index (κ1) is 10.5. The van der Waals surface area contributed by atoms with Gasteiger partial charge in [0, 0.05) is 30.9 Å². The molecule has 15 heavy (non-hydrogen) atoms. The van der Waals surface area contributed by atoms with Crippen LogP contribution in [0.2, 0.25) is 0 Å². The summed E-state index contributed by atoms with van der Waals surface area (Å²) < 4.78 is 0. The molecule has 0 aromatic carbocycles. The maximum absolute atomic E-state index is 5.95. The molecule has 0 bridgehead atoms. The molecule has 84 valence electrons. The summed E-state index contributed by atoms with van der Waals surface area (Å²) in [4.78, 5) is 2.27. The fraction of sp³-hybridized carbons (Fsp3) is 0.727. The van der Waals surface area contributed by atoms with E-state index in [4.69, 9.17) is 5.73 Å². The van der Waals surface area contributed by atoms with Crippen LogP contribution in [0.3, 0.4) is 0 Å². The van der Waals surface area contributed by atoms with Crippen LogP contribution < -0.4 is 10.6 Å². The molecule has 1 atom stereocenters. The highest BCUT2D eigenvalue weighted by atomic mass is 15.3. The first-order valence-electron chi connectivity index (χ1n) is 5.72. The molecule has 4 nitrogen and oxygen atoms in total. The second kappa shape index (κ2) is 4.23. The second-order valence-electron chi connectivity index (χ2n) is 4.68. The third-order valence-corrected chi connectivity index (χ3v) is 2.99. The molecule has 0 saturated carbocycles. The largest absolute Gasteiger partial charge is 0.354 e. The smallest absolute Gasteiger partial charge is 0.150 e. The van der Waals surface area contributed by atoms with Gasteiger partial charge in [-0.2, -0.15) is 5.10 Å². The maximum atomic E-state index is 5.95. The van der Waals surface area contributed by atoms with E-state index >= 15 is 0 Å². The van der Waals surface area contributed by atoms with Crippen molar-refractivity contribution in [2.24, 2.45) is 5.73 Å². The maximum Gasteiger partial charge on any atom is 0.150 e. The van der Waals surface area contributed by atoms with Crippen LogP contribution in [0, 0.1) is 0 Å². The molecule has 3 N–H and O–H groups in total. The summed E-state index contributed by atoms with van der Waals surface area (Å²) in [7, 11) is 0. The standard InChI is InChI=1S/C11H20N4/c1-8(2)10-6-11(14-13-10)15-5-3-4-9(12)7-15/h6,8-9H,3-5,7,12H2,1-2H3,(H,13,14). The van der Waals surface area contributed by atoms with Gasteiger partial charge in [0.05, 0.1) is 0 Å². The fourth-order valence-corrected chi connectivity index (χ4v) is 2.00. The number of hydrogen-bond acceptors (Lipinski definition) is 3. The van der Waals surface area contributed by atoms with E-state index in [-0.39, 0.29) is 0 Å². The number of piperidine rings is 1. The number of aromatic nitrogens is 2. The number of nitrogens with one attached hydrogen (secondary N) is 1. The zero-order valence-electron chi connectivity index (χ0n) is 9.53. The highest BCUT2D eigenvalue weighted by Crippen LogP contribution is 2.21. The first-order chi connectivity index (χ1) is 7.16. The Morgan fingerprint density at radius 1 is 1.60 bits per heavy atom. The summed E-state index contributed by atoms with van der Waals surface area (Å²) >= 11 is 0. The Kier molecular flexibility index (Phi) is 2.95. The van der Waals surface area contributed by atoms with Crippen LogP contribution in [0.15, 0.2) is 6.07 Å². The van der Waals surface area contributed by atoms with Crippen molar-refractivity contribution < 1.29 is 0 Å². The molecule has 2 rings (SSSR count). The number of H-pyrrole nitrogens is 1. The van der Waals surface area contributed by atoms with E-state index in [2.05, 4.69) is 35.0 Å². The molecule has 0 aliphatic carbocycles. The third kappa shape index (κ3) is 2.31. The van der Waals surface area contributed by atoms with Crippen LogP contribution in [0.5, 0.6) is 0 Å². The van der Waals surface area contributed by atoms with Gasteiger partial charge in [-0.25, -0.2) is 0 Å². The molecular formula is C11H20N4. The van der Waals surface area contributed by atoms with E-state index in [0.29, 0.717) is 12.0 Å². The van der Waals surface area contributed by atoms with Crippen molar-refractivity contribution in [3.8, 4) is 0 Å².